The Kier molecular flexibility index (Phi) is 7.86. The zero-order valence-electron chi connectivity index (χ0n) is 21.1. The summed E-state index contributed by atoms with van der Waals surface area (Å²) in [5.74, 6) is 1.85. The van der Waals surface area contributed by atoms with Crippen LogP contribution in [0.25, 0.3) is 17.0 Å². The van der Waals surface area contributed by atoms with Gasteiger partial charge in [0.15, 0.2) is 0 Å². The van der Waals surface area contributed by atoms with Gasteiger partial charge in [0, 0.05) is 41.6 Å². The SMILES string of the molecule is CCC/C=C\c1c(C(C)CCC(C)n2cc(C(C)C)c3ccncc32)cn(C(C)C)c1N. The average molecular weight is 435 g/mol. The predicted octanol–water partition coefficient (Wildman–Crippen LogP) is 8.08. The minimum absolute atomic E-state index is 0.362. The van der Waals surface area contributed by atoms with Crippen LogP contribution in [0.3, 0.4) is 0 Å². The van der Waals surface area contributed by atoms with Crippen molar-refractivity contribution in [2.24, 2.45) is 0 Å². The molecule has 3 heterocycles. The minimum Gasteiger partial charge on any atom is -0.385 e. The molecule has 0 saturated heterocycles. The molecule has 0 spiro atoms. The Hall–Kier alpha value is -2.49. The van der Waals surface area contributed by atoms with Crippen LogP contribution in [0.1, 0.15) is 115 Å². The molecule has 174 valence electrons. The number of unbranched alkanes of at least 4 members (excludes halogenated alkanes) is 1. The summed E-state index contributed by atoms with van der Waals surface area (Å²) >= 11 is 0. The van der Waals surface area contributed by atoms with E-state index in [1.807, 2.05) is 12.4 Å². The molecule has 0 aliphatic heterocycles. The highest BCUT2D eigenvalue weighted by Gasteiger charge is 2.20. The number of nitrogen functional groups attached to an aromatic ring is 1. The number of fused-ring (bicyclic) bond motifs is 1. The fraction of sp³-hybridized carbons (Fsp3) is 0.536. The van der Waals surface area contributed by atoms with Crippen molar-refractivity contribution < 1.29 is 0 Å². The summed E-state index contributed by atoms with van der Waals surface area (Å²) in [6.45, 7) is 15.8. The van der Waals surface area contributed by atoms with Gasteiger partial charge in [0.25, 0.3) is 0 Å². The van der Waals surface area contributed by atoms with E-state index in [1.165, 1.54) is 27.6 Å². The zero-order valence-corrected chi connectivity index (χ0v) is 21.1. The summed E-state index contributed by atoms with van der Waals surface area (Å²) in [6, 6.07) is 2.93. The molecule has 3 rings (SSSR count). The third-order valence-corrected chi connectivity index (χ3v) is 6.75. The monoisotopic (exact) mass is 434 g/mol. The van der Waals surface area contributed by atoms with E-state index in [9.17, 15) is 0 Å². The predicted molar refractivity (Wildman–Crippen MR) is 139 cm³/mol. The van der Waals surface area contributed by atoms with Crippen molar-refractivity contribution in [2.75, 3.05) is 5.73 Å². The molecule has 0 aliphatic rings. The molecule has 0 amide bonds. The van der Waals surface area contributed by atoms with Crippen molar-refractivity contribution in [1.29, 1.82) is 0 Å². The zero-order chi connectivity index (χ0) is 23.4. The normalized spacial score (nSPS) is 14.3. The van der Waals surface area contributed by atoms with E-state index in [2.05, 4.69) is 93.2 Å². The molecule has 0 aromatic carbocycles. The lowest BCUT2D eigenvalue weighted by molar-refractivity contribution is 0.475. The second kappa shape index (κ2) is 10.4. The lowest BCUT2D eigenvalue weighted by Crippen LogP contribution is -2.06. The van der Waals surface area contributed by atoms with Crippen LogP contribution < -0.4 is 5.73 Å². The molecule has 2 atom stereocenters. The Labute approximate surface area is 194 Å². The molecular formula is C28H42N4. The maximum absolute atomic E-state index is 6.57. The second-order valence-electron chi connectivity index (χ2n) is 9.94. The van der Waals surface area contributed by atoms with Crippen molar-refractivity contribution in [1.82, 2.24) is 14.1 Å². The quantitative estimate of drug-likeness (QED) is 0.350. The lowest BCUT2D eigenvalue weighted by atomic mass is 9.93. The molecule has 2 N–H and O–H groups in total. The molecule has 2 unspecified atom stereocenters. The molecule has 4 heteroatoms. The van der Waals surface area contributed by atoms with Gasteiger partial charge in [-0.3, -0.25) is 4.98 Å². The number of allylic oxidation sites excluding steroid dienone is 1. The maximum atomic E-state index is 6.57. The van der Waals surface area contributed by atoms with Crippen molar-refractivity contribution in [3.05, 3.63) is 53.6 Å². The van der Waals surface area contributed by atoms with Gasteiger partial charge in [0.2, 0.25) is 0 Å². The summed E-state index contributed by atoms with van der Waals surface area (Å²) in [5, 5.41) is 1.33. The minimum atomic E-state index is 0.362. The van der Waals surface area contributed by atoms with Gasteiger partial charge in [-0.2, -0.15) is 0 Å². The van der Waals surface area contributed by atoms with Crippen molar-refractivity contribution in [3.63, 3.8) is 0 Å². The molecule has 0 fully saturated rings. The molecule has 0 bridgehead atoms. The van der Waals surface area contributed by atoms with Crippen LogP contribution in [-0.2, 0) is 0 Å². The number of hydrogen-bond donors (Lipinski definition) is 1. The first-order chi connectivity index (χ1) is 15.3. The number of rotatable bonds is 10. The van der Waals surface area contributed by atoms with Gasteiger partial charge in [-0.25, -0.2) is 0 Å². The molecule has 3 aromatic rings. The van der Waals surface area contributed by atoms with Crippen LogP contribution in [-0.4, -0.2) is 14.1 Å². The summed E-state index contributed by atoms with van der Waals surface area (Å²) < 4.78 is 4.65. The van der Waals surface area contributed by atoms with E-state index in [0.29, 0.717) is 23.9 Å². The topological polar surface area (TPSA) is 48.8 Å². The Morgan fingerprint density at radius 2 is 1.72 bits per heavy atom. The number of pyridine rings is 1. The summed E-state index contributed by atoms with van der Waals surface area (Å²) in [4.78, 5) is 4.40. The van der Waals surface area contributed by atoms with Crippen molar-refractivity contribution in [2.45, 2.75) is 98.1 Å². The van der Waals surface area contributed by atoms with Crippen molar-refractivity contribution >= 4 is 22.8 Å². The fourth-order valence-corrected chi connectivity index (χ4v) is 4.68. The Balaban J connectivity index is 1.82. The second-order valence-corrected chi connectivity index (χ2v) is 9.94. The number of nitrogens with two attached hydrogens (primary N) is 1. The lowest BCUT2D eigenvalue weighted by Gasteiger charge is -2.18. The van der Waals surface area contributed by atoms with E-state index in [1.54, 1.807) is 0 Å². The van der Waals surface area contributed by atoms with Gasteiger partial charge in [0.1, 0.15) is 5.82 Å². The Morgan fingerprint density at radius 1 is 1.00 bits per heavy atom. The van der Waals surface area contributed by atoms with E-state index in [4.69, 9.17) is 5.73 Å². The molecule has 0 saturated carbocycles. The van der Waals surface area contributed by atoms with E-state index in [-0.39, 0.29) is 0 Å². The molecule has 32 heavy (non-hydrogen) atoms. The van der Waals surface area contributed by atoms with Crippen LogP contribution >= 0.6 is 0 Å². The number of nitrogens with zero attached hydrogens (tertiary/aromatic N) is 3. The Morgan fingerprint density at radius 3 is 2.38 bits per heavy atom. The van der Waals surface area contributed by atoms with Gasteiger partial charge < -0.3 is 14.9 Å². The highest BCUT2D eigenvalue weighted by molar-refractivity contribution is 5.83. The summed E-state index contributed by atoms with van der Waals surface area (Å²) in [6.07, 6.45) is 17.5. The number of aromatic nitrogens is 3. The van der Waals surface area contributed by atoms with E-state index < -0.39 is 0 Å². The molecule has 3 aromatic heterocycles. The van der Waals surface area contributed by atoms with Gasteiger partial charge >= 0.3 is 0 Å². The first-order valence-electron chi connectivity index (χ1n) is 12.4. The number of anilines is 1. The van der Waals surface area contributed by atoms with E-state index in [0.717, 1.165) is 31.5 Å². The van der Waals surface area contributed by atoms with Crippen LogP contribution in [0.5, 0.6) is 0 Å². The maximum Gasteiger partial charge on any atom is 0.111 e. The summed E-state index contributed by atoms with van der Waals surface area (Å²) in [5.41, 5.74) is 11.8. The number of hydrogen-bond acceptors (Lipinski definition) is 2. The van der Waals surface area contributed by atoms with Crippen LogP contribution in [0.15, 0.2) is 36.9 Å². The van der Waals surface area contributed by atoms with Crippen molar-refractivity contribution in [3.8, 4) is 0 Å². The third kappa shape index (κ3) is 4.95. The molecular weight excluding hydrogens is 392 g/mol. The molecule has 0 aliphatic carbocycles. The smallest absolute Gasteiger partial charge is 0.111 e. The summed E-state index contributed by atoms with van der Waals surface area (Å²) in [7, 11) is 0. The first kappa shape index (κ1) is 24.2. The van der Waals surface area contributed by atoms with Crippen LogP contribution in [0, 0.1) is 0 Å². The van der Waals surface area contributed by atoms with Crippen LogP contribution in [0.4, 0.5) is 5.82 Å². The standard InChI is InChI=1S/C28H42N4/c1-8-9-10-11-24-26(18-31(20(4)5)28(24)29)21(6)12-13-22(7)32-17-25(19(2)3)23-14-15-30-16-27(23)32/h10-11,14-22H,8-9,12-13,29H2,1-7H3/b11-10-. The highest BCUT2D eigenvalue weighted by atomic mass is 15.1. The average Bonchev–Trinajstić information content (AvgIpc) is 3.31. The van der Waals surface area contributed by atoms with Gasteiger partial charge in [-0.15, -0.1) is 0 Å². The first-order valence-corrected chi connectivity index (χ1v) is 12.4. The molecule has 4 nitrogen and oxygen atoms in total. The Bertz CT molecular complexity index is 1050. The third-order valence-electron chi connectivity index (χ3n) is 6.75. The molecule has 0 radical (unpaired) electrons. The largest absolute Gasteiger partial charge is 0.385 e. The van der Waals surface area contributed by atoms with Crippen LogP contribution in [0.2, 0.25) is 0 Å². The fourth-order valence-electron chi connectivity index (χ4n) is 4.68. The van der Waals surface area contributed by atoms with Gasteiger partial charge in [0.05, 0.1) is 11.7 Å². The van der Waals surface area contributed by atoms with Gasteiger partial charge in [-0.1, -0.05) is 46.3 Å². The van der Waals surface area contributed by atoms with E-state index >= 15 is 0 Å². The van der Waals surface area contributed by atoms with Gasteiger partial charge in [-0.05, 0) is 69.1 Å². The highest BCUT2D eigenvalue weighted by Crippen LogP contribution is 2.35.